The molecule has 1 rings (SSSR count). The van der Waals surface area contributed by atoms with Crippen molar-refractivity contribution in [3.05, 3.63) is 0 Å². The fourth-order valence-electron chi connectivity index (χ4n) is 1.82. The van der Waals surface area contributed by atoms with Gasteiger partial charge in [-0.2, -0.15) is 0 Å². The zero-order chi connectivity index (χ0) is 12.2. The second-order valence-corrected chi connectivity index (χ2v) is 5.72. The van der Waals surface area contributed by atoms with Gasteiger partial charge in [0.25, 0.3) is 0 Å². The molecule has 0 spiro atoms. The van der Waals surface area contributed by atoms with E-state index in [-0.39, 0.29) is 17.9 Å². The largest absolute Gasteiger partial charge is 0.396 e. The van der Waals surface area contributed by atoms with Crippen molar-refractivity contribution in [3.63, 3.8) is 0 Å². The first kappa shape index (κ1) is 13.5. The van der Waals surface area contributed by atoms with E-state index >= 15 is 0 Å². The number of hydrogen-bond acceptors (Lipinski definition) is 3. The summed E-state index contributed by atoms with van der Waals surface area (Å²) < 4.78 is 0. The first-order chi connectivity index (χ1) is 7.40. The number of rotatable bonds is 4. The van der Waals surface area contributed by atoms with E-state index in [0.29, 0.717) is 6.54 Å². The fraction of sp³-hybridized carbons (Fsp3) is 0.917. The third kappa shape index (κ3) is 3.46. The van der Waals surface area contributed by atoms with Gasteiger partial charge in [0.2, 0.25) is 5.91 Å². The number of piperidine rings is 1. The highest BCUT2D eigenvalue weighted by atomic mass is 16.3. The maximum Gasteiger partial charge on any atom is 0.240 e. The van der Waals surface area contributed by atoms with Crippen LogP contribution in [0.3, 0.4) is 0 Å². The molecular weight excluding hydrogens is 204 g/mol. The topological polar surface area (TPSA) is 61.4 Å². The molecule has 0 radical (unpaired) electrons. The van der Waals surface area contributed by atoms with Crippen LogP contribution < -0.4 is 10.6 Å². The lowest BCUT2D eigenvalue weighted by Crippen LogP contribution is -2.58. The second kappa shape index (κ2) is 5.15. The molecule has 1 unspecified atom stereocenters. The molecule has 4 nitrogen and oxygen atoms in total. The molecule has 1 fully saturated rings. The number of amides is 1. The zero-order valence-electron chi connectivity index (χ0n) is 10.6. The normalized spacial score (nSPS) is 26.5. The van der Waals surface area contributed by atoms with Gasteiger partial charge >= 0.3 is 0 Å². The van der Waals surface area contributed by atoms with Gasteiger partial charge in [-0.3, -0.25) is 4.79 Å². The van der Waals surface area contributed by atoms with E-state index in [0.717, 1.165) is 25.8 Å². The Hall–Kier alpha value is -0.610. The number of hydrogen-bond donors (Lipinski definition) is 3. The van der Waals surface area contributed by atoms with E-state index in [2.05, 4.69) is 10.6 Å². The Balaban J connectivity index is 2.45. The molecule has 4 heteroatoms. The minimum absolute atomic E-state index is 0.0497. The molecule has 1 heterocycles. The average molecular weight is 228 g/mol. The summed E-state index contributed by atoms with van der Waals surface area (Å²) in [6, 6.07) is 0. The van der Waals surface area contributed by atoms with Gasteiger partial charge < -0.3 is 15.7 Å². The summed E-state index contributed by atoms with van der Waals surface area (Å²) in [5.41, 5.74) is -0.676. The molecular formula is C12H24N2O2. The van der Waals surface area contributed by atoms with E-state index in [9.17, 15) is 4.79 Å². The molecule has 16 heavy (non-hydrogen) atoms. The second-order valence-electron chi connectivity index (χ2n) is 5.72. The van der Waals surface area contributed by atoms with E-state index in [1.54, 1.807) is 0 Å². The molecule has 3 N–H and O–H groups in total. The summed E-state index contributed by atoms with van der Waals surface area (Å²) in [4.78, 5) is 12.0. The Bertz CT molecular complexity index is 245. The lowest BCUT2D eigenvalue weighted by molar-refractivity contribution is -0.128. The minimum atomic E-state index is -0.427. The van der Waals surface area contributed by atoms with Crippen LogP contribution in [-0.2, 0) is 4.79 Å². The predicted molar refractivity (Wildman–Crippen MR) is 64.1 cm³/mol. The fourth-order valence-corrected chi connectivity index (χ4v) is 1.82. The maximum absolute atomic E-state index is 12.0. The first-order valence-electron chi connectivity index (χ1n) is 6.04. The highest BCUT2D eigenvalue weighted by molar-refractivity contribution is 5.86. The van der Waals surface area contributed by atoms with Gasteiger partial charge in [-0.25, -0.2) is 0 Å². The van der Waals surface area contributed by atoms with Crippen molar-refractivity contribution in [2.45, 2.75) is 45.6 Å². The lowest BCUT2D eigenvalue weighted by Gasteiger charge is -2.34. The number of nitrogens with one attached hydrogen (secondary N) is 2. The van der Waals surface area contributed by atoms with Crippen LogP contribution in [0.4, 0.5) is 0 Å². The van der Waals surface area contributed by atoms with Crippen LogP contribution in [0, 0.1) is 5.41 Å². The molecule has 0 bridgehead atoms. The van der Waals surface area contributed by atoms with E-state index in [1.165, 1.54) is 0 Å². The van der Waals surface area contributed by atoms with Crippen molar-refractivity contribution in [1.29, 1.82) is 0 Å². The zero-order valence-corrected chi connectivity index (χ0v) is 10.6. The van der Waals surface area contributed by atoms with Crippen LogP contribution in [0.2, 0.25) is 0 Å². The highest BCUT2D eigenvalue weighted by Crippen LogP contribution is 2.19. The van der Waals surface area contributed by atoms with Crippen molar-refractivity contribution in [3.8, 4) is 0 Å². The van der Waals surface area contributed by atoms with Gasteiger partial charge in [0, 0.05) is 18.6 Å². The third-order valence-corrected chi connectivity index (χ3v) is 3.28. The summed E-state index contributed by atoms with van der Waals surface area (Å²) in [5.74, 6) is 0.0497. The molecule has 0 aromatic heterocycles. The van der Waals surface area contributed by atoms with Gasteiger partial charge in [0.05, 0.1) is 5.54 Å². The van der Waals surface area contributed by atoms with Crippen LogP contribution in [0.15, 0.2) is 0 Å². The summed E-state index contributed by atoms with van der Waals surface area (Å²) in [5, 5.41) is 15.3. The Morgan fingerprint density at radius 1 is 1.50 bits per heavy atom. The Morgan fingerprint density at radius 2 is 2.19 bits per heavy atom. The molecule has 0 aromatic rings. The van der Waals surface area contributed by atoms with Crippen molar-refractivity contribution >= 4 is 5.91 Å². The van der Waals surface area contributed by atoms with Crippen LogP contribution in [0.5, 0.6) is 0 Å². The van der Waals surface area contributed by atoms with Gasteiger partial charge in [0.1, 0.15) is 0 Å². The van der Waals surface area contributed by atoms with Crippen molar-refractivity contribution in [2.75, 3.05) is 19.7 Å². The van der Waals surface area contributed by atoms with E-state index in [4.69, 9.17) is 5.11 Å². The van der Waals surface area contributed by atoms with Crippen LogP contribution in [0.1, 0.15) is 40.0 Å². The summed E-state index contributed by atoms with van der Waals surface area (Å²) in [6.07, 6.45) is 3.13. The van der Waals surface area contributed by atoms with Gasteiger partial charge in [0.15, 0.2) is 0 Å². The van der Waals surface area contributed by atoms with Crippen molar-refractivity contribution in [2.24, 2.45) is 5.41 Å². The molecule has 1 atom stereocenters. The summed E-state index contributed by atoms with van der Waals surface area (Å²) in [6.45, 7) is 7.33. The Labute approximate surface area is 97.8 Å². The van der Waals surface area contributed by atoms with Crippen molar-refractivity contribution in [1.82, 2.24) is 10.6 Å². The molecule has 1 amide bonds. The van der Waals surface area contributed by atoms with E-state index in [1.807, 2.05) is 20.8 Å². The molecule has 1 aliphatic rings. The third-order valence-electron chi connectivity index (χ3n) is 3.28. The Kier molecular flexibility index (Phi) is 4.33. The SMILES string of the molecule is CC(C)(CO)CNC(=O)C1(C)CCCCN1. The molecule has 94 valence electrons. The molecule has 1 aliphatic heterocycles. The van der Waals surface area contributed by atoms with Gasteiger partial charge in [-0.1, -0.05) is 13.8 Å². The van der Waals surface area contributed by atoms with Gasteiger partial charge in [-0.15, -0.1) is 0 Å². The monoisotopic (exact) mass is 228 g/mol. The average Bonchev–Trinajstić information content (AvgIpc) is 2.27. The number of carbonyl (C=O) groups is 1. The van der Waals surface area contributed by atoms with Crippen LogP contribution in [0.25, 0.3) is 0 Å². The number of carbonyl (C=O) groups excluding carboxylic acids is 1. The quantitative estimate of drug-likeness (QED) is 0.662. The van der Waals surface area contributed by atoms with Gasteiger partial charge in [-0.05, 0) is 32.7 Å². The number of aliphatic hydroxyl groups is 1. The summed E-state index contributed by atoms with van der Waals surface area (Å²) >= 11 is 0. The van der Waals surface area contributed by atoms with E-state index < -0.39 is 5.54 Å². The molecule has 0 aromatic carbocycles. The van der Waals surface area contributed by atoms with Crippen LogP contribution >= 0.6 is 0 Å². The standard InChI is InChI=1S/C12H24N2O2/c1-11(2,9-15)8-13-10(16)12(3)6-4-5-7-14-12/h14-15H,4-9H2,1-3H3,(H,13,16). The lowest BCUT2D eigenvalue weighted by atomic mass is 9.89. The van der Waals surface area contributed by atoms with Crippen molar-refractivity contribution < 1.29 is 9.90 Å². The molecule has 1 saturated heterocycles. The van der Waals surface area contributed by atoms with Crippen LogP contribution in [-0.4, -0.2) is 36.2 Å². The predicted octanol–water partition coefficient (Wildman–Crippen LogP) is 0.653. The highest BCUT2D eigenvalue weighted by Gasteiger charge is 2.34. The maximum atomic E-state index is 12.0. The summed E-state index contributed by atoms with van der Waals surface area (Å²) in [7, 11) is 0. The minimum Gasteiger partial charge on any atom is -0.396 e. The molecule has 0 aliphatic carbocycles. The number of aliphatic hydroxyl groups excluding tert-OH is 1. The molecule has 0 saturated carbocycles. The first-order valence-corrected chi connectivity index (χ1v) is 6.04. The Morgan fingerprint density at radius 3 is 2.69 bits per heavy atom. The smallest absolute Gasteiger partial charge is 0.240 e.